The summed E-state index contributed by atoms with van der Waals surface area (Å²) in [7, 11) is 7.94. The predicted molar refractivity (Wildman–Crippen MR) is 122 cm³/mol. The lowest BCUT2D eigenvalue weighted by atomic mass is 9.75. The number of ether oxygens (including phenoxy) is 3. The highest BCUT2D eigenvalue weighted by Gasteiger charge is 2.52. The van der Waals surface area contributed by atoms with Crippen LogP contribution in [0.25, 0.3) is 0 Å². The second kappa shape index (κ2) is 10.2. The highest BCUT2D eigenvalue weighted by molar-refractivity contribution is 5.30. The molecule has 2 aromatic rings. The molecule has 0 amide bonds. The van der Waals surface area contributed by atoms with Crippen molar-refractivity contribution in [2.45, 2.75) is 37.1 Å². The topological polar surface area (TPSA) is 58.2 Å². The van der Waals surface area contributed by atoms with E-state index in [0.717, 1.165) is 11.1 Å². The van der Waals surface area contributed by atoms with Gasteiger partial charge in [-0.2, -0.15) is 0 Å². The minimum absolute atomic E-state index is 0.158. The number of hydrogen-bond donors (Lipinski definition) is 2. The van der Waals surface area contributed by atoms with E-state index in [9.17, 15) is 0 Å². The van der Waals surface area contributed by atoms with Crippen LogP contribution < -0.4 is 10.9 Å². The smallest absolute Gasteiger partial charge is 0.150 e. The summed E-state index contributed by atoms with van der Waals surface area (Å²) in [6, 6.07) is 20.7. The van der Waals surface area contributed by atoms with E-state index in [1.165, 1.54) is 0 Å². The summed E-state index contributed by atoms with van der Waals surface area (Å²) in [4.78, 5) is 0. The predicted octanol–water partition coefficient (Wildman–Crippen LogP) is 2.67. The zero-order chi connectivity index (χ0) is 22.5. The first-order valence-electron chi connectivity index (χ1n) is 10.6. The molecule has 0 aromatic heterocycles. The van der Waals surface area contributed by atoms with Gasteiger partial charge in [-0.15, -0.1) is 0 Å². The van der Waals surface area contributed by atoms with Crippen molar-refractivity contribution in [3.05, 3.63) is 71.8 Å². The molecule has 2 aromatic carbocycles. The van der Waals surface area contributed by atoms with Crippen LogP contribution in [0, 0.1) is 0 Å². The third-order valence-corrected chi connectivity index (χ3v) is 5.73. The maximum absolute atomic E-state index is 6.39. The van der Waals surface area contributed by atoms with Gasteiger partial charge in [-0.1, -0.05) is 60.7 Å². The third-order valence-electron chi connectivity index (χ3n) is 5.73. The lowest BCUT2D eigenvalue weighted by Gasteiger charge is -2.49. The van der Waals surface area contributed by atoms with Gasteiger partial charge < -0.3 is 14.2 Å². The summed E-state index contributed by atoms with van der Waals surface area (Å²) >= 11 is 0. The van der Waals surface area contributed by atoms with Gasteiger partial charge in [-0.05, 0) is 25.0 Å². The summed E-state index contributed by atoms with van der Waals surface area (Å²) in [5.74, 6) is 0. The number of nitrogens with zero attached hydrogens (tertiary/aromatic N) is 2. The number of hydrogen-bond acceptors (Lipinski definition) is 7. The Bertz CT molecular complexity index is 737. The van der Waals surface area contributed by atoms with Crippen molar-refractivity contribution in [1.82, 2.24) is 20.9 Å². The normalized spacial score (nSPS) is 23.9. The van der Waals surface area contributed by atoms with Crippen molar-refractivity contribution < 1.29 is 14.2 Å². The molecule has 1 aliphatic heterocycles. The van der Waals surface area contributed by atoms with E-state index in [4.69, 9.17) is 14.2 Å². The standard InChI is InChI=1S/C24H36N4O3/c1-23(25-27(3)4,19-13-9-7-10-14-19)21-22(31-18-29-17-30-21)24(2,26-28(5)6)20-15-11-8-12-16-20/h7-16,21-22,25-26H,17-18H2,1-6H3. The molecular weight excluding hydrogens is 392 g/mol. The number of hydrazine groups is 2. The van der Waals surface area contributed by atoms with E-state index in [1.807, 2.05) is 74.6 Å². The van der Waals surface area contributed by atoms with E-state index in [2.05, 4.69) is 49.0 Å². The number of rotatable bonds is 8. The maximum atomic E-state index is 6.39. The summed E-state index contributed by atoms with van der Waals surface area (Å²) in [6.45, 7) is 4.61. The molecule has 0 saturated carbocycles. The molecule has 0 radical (unpaired) electrons. The molecule has 170 valence electrons. The third kappa shape index (κ3) is 5.32. The monoisotopic (exact) mass is 428 g/mol. The molecule has 3 rings (SSSR count). The molecule has 31 heavy (non-hydrogen) atoms. The van der Waals surface area contributed by atoms with Gasteiger partial charge in [0.1, 0.15) is 25.8 Å². The second-order valence-electron chi connectivity index (χ2n) is 8.76. The van der Waals surface area contributed by atoms with Crippen molar-refractivity contribution >= 4 is 0 Å². The van der Waals surface area contributed by atoms with Crippen LogP contribution in [0.5, 0.6) is 0 Å². The Morgan fingerprint density at radius 1 is 0.677 bits per heavy atom. The fraction of sp³-hybridized carbons (Fsp3) is 0.500. The SMILES string of the molecule is CN(C)NC(C)(c1ccccc1)C1OCOCOC1C(C)(NN(C)C)c1ccccc1. The molecule has 0 spiro atoms. The van der Waals surface area contributed by atoms with Crippen LogP contribution in [0.3, 0.4) is 0 Å². The lowest BCUT2D eigenvalue weighted by molar-refractivity contribution is -0.136. The lowest BCUT2D eigenvalue weighted by Crippen LogP contribution is -2.66. The summed E-state index contributed by atoms with van der Waals surface area (Å²) in [5, 5.41) is 3.91. The van der Waals surface area contributed by atoms with Gasteiger partial charge >= 0.3 is 0 Å². The van der Waals surface area contributed by atoms with Crippen molar-refractivity contribution in [2.75, 3.05) is 41.8 Å². The molecule has 0 aliphatic carbocycles. The van der Waals surface area contributed by atoms with Crippen LogP contribution in [0.4, 0.5) is 0 Å². The fourth-order valence-electron chi connectivity index (χ4n) is 4.47. The van der Waals surface area contributed by atoms with Crippen molar-refractivity contribution in [3.8, 4) is 0 Å². The highest BCUT2D eigenvalue weighted by atomic mass is 16.8. The minimum Gasteiger partial charge on any atom is -0.347 e. The first-order chi connectivity index (χ1) is 14.8. The zero-order valence-electron chi connectivity index (χ0n) is 19.5. The molecule has 1 aliphatic rings. The first-order valence-corrected chi connectivity index (χ1v) is 10.6. The van der Waals surface area contributed by atoms with Gasteiger partial charge in [-0.3, -0.25) is 0 Å². The van der Waals surface area contributed by atoms with Crippen LogP contribution in [0.15, 0.2) is 60.7 Å². The first kappa shape index (κ1) is 23.8. The Balaban J connectivity index is 2.14. The molecule has 1 saturated heterocycles. The quantitative estimate of drug-likeness (QED) is 0.627. The Morgan fingerprint density at radius 3 is 1.35 bits per heavy atom. The molecule has 7 heteroatoms. The maximum Gasteiger partial charge on any atom is 0.150 e. The van der Waals surface area contributed by atoms with Gasteiger partial charge in [0.2, 0.25) is 0 Å². The van der Waals surface area contributed by atoms with E-state index < -0.39 is 11.1 Å². The molecule has 0 bridgehead atoms. The van der Waals surface area contributed by atoms with E-state index >= 15 is 0 Å². The van der Waals surface area contributed by atoms with E-state index in [0.29, 0.717) is 0 Å². The van der Waals surface area contributed by atoms with Crippen LogP contribution in [0.1, 0.15) is 25.0 Å². The highest BCUT2D eigenvalue weighted by Crippen LogP contribution is 2.39. The number of nitrogens with one attached hydrogen (secondary N) is 2. The molecule has 1 heterocycles. The van der Waals surface area contributed by atoms with Crippen molar-refractivity contribution in [3.63, 3.8) is 0 Å². The van der Waals surface area contributed by atoms with Gasteiger partial charge in [0.05, 0.1) is 11.1 Å². The van der Waals surface area contributed by atoms with Crippen molar-refractivity contribution in [1.29, 1.82) is 0 Å². The Hall–Kier alpha value is -1.84. The van der Waals surface area contributed by atoms with Crippen LogP contribution in [-0.2, 0) is 25.3 Å². The fourth-order valence-corrected chi connectivity index (χ4v) is 4.47. The Kier molecular flexibility index (Phi) is 7.82. The van der Waals surface area contributed by atoms with E-state index in [-0.39, 0.29) is 25.8 Å². The minimum atomic E-state index is -0.590. The zero-order valence-corrected chi connectivity index (χ0v) is 19.5. The van der Waals surface area contributed by atoms with Crippen LogP contribution >= 0.6 is 0 Å². The Labute approximate surface area is 186 Å². The number of benzene rings is 2. The van der Waals surface area contributed by atoms with Gasteiger partial charge in [0, 0.05) is 28.2 Å². The molecular formula is C24H36N4O3. The molecule has 4 unspecified atom stereocenters. The Morgan fingerprint density at radius 2 is 1.03 bits per heavy atom. The summed E-state index contributed by atoms with van der Waals surface area (Å²) in [6.07, 6.45) is -0.755. The molecule has 7 nitrogen and oxygen atoms in total. The molecule has 4 atom stereocenters. The molecule has 2 N–H and O–H groups in total. The van der Waals surface area contributed by atoms with Crippen LogP contribution in [-0.4, -0.2) is 64.0 Å². The average molecular weight is 429 g/mol. The average Bonchev–Trinajstić information content (AvgIpc) is 3.01. The van der Waals surface area contributed by atoms with Gasteiger partial charge in [0.15, 0.2) is 0 Å². The largest absolute Gasteiger partial charge is 0.347 e. The second-order valence-corrected chi connectivity index (χ2v) is 8.76. The van der Waals surface area contributed by atoms with E-state index in [1.54, 1.807) is 0 Å². The van der Waals surface area contributed by atoms with Gasteiger partial charge in [-0.25, -0.2) is 20.9 Å². The van der Waals surface area contributed by atoms with Crippen molar-refractivity contribution in [2.24, 2.45) is 0 Å². The molecule has 1 fully saturated rings. The van der Waals surface area contributed by atoms with Gasteiger partial charge in [0.25, 0.3) is 0 Å². The van der Waals surface area contributed by atoms with Crippen LogP contribution in [0.2, 0.25) is 0 Å². The summed E-state index contributed by atoms with van der Waals surface area (Å²) in [5.41, 5.74) is 8.24. The summed E-state index contributed by atoms with van der Waals surface area (Å²) < 4.78 is 18.4.